The van der Waals surface area contributed by atoms with Crippen molar-refractivity contribution in [3.63, 3.8) is 0 Å². The zero-order valence-corrected chi connectivity index (χ0v) is 12.3. The number of carbonyl (C=O) groups excluding carboxylic acids is 1. The van der Waals surface area contributed by atoms with Gasteiger partial charge in [0.05, 0.1) is 6.10 Å². The molecular formula is C14H22N4O2. The van der Waals surface area contributed by atoms with Gasteiger partial charge in [-0.15, -0.1) is 0 Å². The van der Waals surface area contributed by atoms with Crippen LogP contribution in [0.4, 0.5) is 5.95 Å². The van der Waals surface area contributed by atoms with Crippen LogP contribution < -0.4 is 15.4 Å². The van der Waals surface area contributed by atoms with Crippen LogP contribution in [0.15, 0.2) is 6.07 Å². The first-order chi connectivity index (χ1) is 9.54. The van der Waals surface area contributed by atoms with Crippen LogP contribution in [0.25, 0.3) is 0 Å². The van der Waals surface area contributed by atoms with Crippen LogP contribution in [-0.4, -0.2) is 35.1 Å². The van der Waals surface area contributed by atoms with E-state index in [0.29, 0.717) is 24.9 Å². The van der Waals surface area contributed by atoms with Crippen molar-refractivity contribution in [1.29, 1.82) is 0 Å². The van der Waals surface area contributed by atoms with Gasteiger partial charge in [-0.1, -0.05) is 0 Å². The van der Waals surface area contributed by atoms with Crippen molar-refractivity contribution in [2.24, 2.45) is 5.92 Å². The first-order valence-corrected chi connectivity index (χ1v) is 7.08. The number of ether oxygens (including phenoxy) is 1. The van der Waals surface area contributed by atoms with Crippen molar-refractivity contribution in [3.8, 4) is 5.88 Å². The molecule has 1 fully saturated rings. The molecule has 1 amide bonds. The first kappa shape index (κ1) is 14.6. The van der Waals surface area contributed by atoms with Crippen LogP contribution >= 0.6 is 0 Å². The number of hydrogen-bond acceptors (Lipinski definition) is 5. The summed E-state index contributed by atoms with van der Waals surface area (Å²) in [4.78, 5) is 20.0. The molecule has 1 aliphatic carbocycles. The van der Waals surface area contributed by atoms with Gasteiger partial charge in [0.25, 0.3) is 0 Å². The maximum absolute atomic E-state index is 11.5. The van der Waals surface area contributed by atoms with E-state index in [1.54, 1.807) is 6.07 Å². The summed E-state index contributed by atoms with van der Waals surface area (Å²) in [6, 6.07) is 1.81. The minimum atomic E-state index is 0.0787. The minimum Gasteiger partial charge on any atom is -0.475 e. The lowest BCUT2D eigenvalue weighted by atomic mass is 10.4. The summed E-state index contributed by atoms with van der Waals surface area (Å²) in [5.41, 5.74) is 0.847. The molecule has 20 heavy (non-hydrogen) atoms. The number of hydrogen-bond donors (Lipinski definition) is 2. The molecule has 0 aromatic carbocycles. The van der Waals surface area contributed by atoms with Crippen molar-refractivity contribution < 1.29 is 9.53 Å². The Morgan fingerprint density at radius 2 is 2.15 bits per heavy atom. The Balaban J connectivity index is 1.79. The van der Waals surface area contributed by atoms with Crippen molar-refractivity contribution in [2.45, 2.75) is 39.7 Å². The maximum atomic E-state index is 11.5. The van der Waals surface area contributed by atoms with E-state index >= 15 is 0 Å². The molecule has 6 heteroatoms. The number of nitrogens with zero attached hydrogens (tertiary/aromatic N) is 2. The highest BCUT2D eigenvalue weighted by molar-refractivity contribution is 5.80. The second kappa shape index (κ2) is 6.54. The maximum Gasteiger partial charge on any atom is 0.226 e. The summed E-state index contributed by atoms with van der Waals surface area (Å²) in [6.07, 6.45) is 2.13. The molecule has 1 saturated carbocycles. The fraction of sp³-hybridized carbons (Fsp3) is 0.643. The van der Waals surface area contributed by atoms with Crippen LogP contribution in [0.5, 0.6) is 5.88 Å². The lowest BCUT2D eigenvalue weighted by molar-refractivity contribution is -0.122. The van der Waals surface area contributed by atoms with E-state index in [4.69, 9.17) is 4.74 Å². The van der Waals surface area contributed by atoms with E-state index in [9.17, 15) is 4.79 Å². The lowest BCUT2D eigenvalue weighted by Crippen LogP contribution is -2.30. The van der Waals surface area contributed by atoms with E-state index < -0.39 is 0 Å². The van der Waals surface area contributed by atoms with E-state index in [-0.39, 0.29) is 17.9 Å². The fourth-order valence-electron chi connectivity index (χ4n) is 1.77. The third-order valence-electron chi connectivity index (χ3n) is 2.84. The number of rotatable bonds is 7. The molecule has 0 aliphatic heterocycles. The average molecular weight is 278 g/mol. The Labute approximate surface area is 119 Å². The summed E-state index contributed by atoms with van der Waals surface area (Å²) < 4.78 is 5.56. The van der Waals surface area contributed by atoms with Crippen LogP contribution in [0, 0.1) is 12.8 Å². The second-order valence-corrected chi connectivity index (χ2v) is 5.33. The van der Waals surface area contributed by atoms with Crippen LogP contribution in [0.2, 0.25) is 0 Å². The highest BCUT2D eigenvalue weighted by Gasteiger charge is 2.28. The van der Waals surface area contributed by atoms with Gasteiger partial charge < -0.3 is 15.4 Å². The molecule has 2 rings (SSSR count). The molecule has 0 bridgehead atoms. The third kappa shape index (κ3) is 4.68. The van der Waals surface area contributed by atoms with Crippen LogP contribution in [0.1, 0.15) is 32.4 Å². The SMILES string of the molecule is Cc1cc(OC(C)C)nc(NCCNC(=O)C2CC2)n1. The number of carbonyl (C=O) groups is 1. The van der Waals surface area contributed by atoms with Crippen molar-refractivity contribution >= 4 is 11.9 Å². The van der Waals surface area contributed by atoms with Gasteiger partial charge in [-0.3, -0.25) is 4.79 Å². The van der Waals surface area contributed by atoms with E-state index in [0.717, 1.165) is 18.5 Å². The summed E-state index contributed by atoms with van der Waals surface area (Å²) in [5.74, 6) is 1.50. The predicted molar refractivity (Wildman–Crippen MR) is 76.8 cm³/mol. The monoisotopic (exact) mass is 278 g/mol. The van der Waals surface area contributed by atoms with Crippen LogP contribution in [0.3, 0.4) is 0 Å². The standard InChI is InChI=1S/C14H22N4O2/c1-9(2)20-12-8-10(3)17-14(18-12)16-7-6-15-13(19)11-4-5-11/h8-9,11H,4-7H2,1-3H3,(H,15,19)(H,16,17,18). The highest BCUT2D eigenvalue weighted by Crippen LogP contribution is 2.28. The smallest absolute Gasteiger partial charge is 0.226 e. The van der Waals surface area contributed by atoms with Crippen molar-refractivity contribution in [3.05, 3.63) is 11.8 Å². The molecule has 0 atom stereocenters. The zero-order valence-electron chi connectivity index (χ0n) is 12.3. The Morgan fingerprint density at radius 3 is 2.80 bits per heavy atom. The molecule has 6 nitrogen and oxygen atoms in total. The van der Waals surface area contributed by atoms with Crippen molar-refractivity contribution in [2.75, 3.05) is 18.4 Å². The number of amides is 1. The Morgan fingerprint density at radius 1 is 1.40 bits per heavy atom. The van der Waals surface area contributed by atoms with Gasteiger partial charge in [0.15, 0.2) is 0 Å². The molecule has 2 N–H and O–H groups in total. The fourth-order valence-corrected chi connectivity index (χ4v) is 1.77. The molecule has 0 spiro atoms. The number of aromatic nitrogens is 2. The van der Waals surface area contributed by atoms with Gasteiger partial charge in [0.1, 0.15) is 0 Å². The normalized spacial score (nSPS) is 14.2. The lowest BCUT2D eigenvalue weighted by Gasteiger charge is -2.11. The number of nitrogens with one attached hydrogen (secondary N) is 2. The van der Waals surface area contributed by atoms with E-state index in [1.165, 1.54) is 0 Å². The largest absolute Gasteiger partial charge is 0.475 e. The molecule has 1 aromatic rings. The third-order valence-corrected chi connectivity index (χ3v) is 2.84. The van der Waals surface area contributed by atoms with Crippen molar-refractivity contribution in [1.82, 2.24) is 15.3 Å². The van der Waals surface area contributed by atoms with E-state index in [2.05, 4.69) is 20.6 Å². The Hall–Kier alpha value is -1.85. The van der Waals surface area contributed by atoms with Gasteiger partial charge in [0, 0.05) is 30.8 Å². The molecule has 0 unspecified atom stereocenters. The van der Waals surface area contributed by atoms with Gasteiger partial charge in [0.2, 0.25) is 17.7 Å². The zero-order chi connectivity index (χ0) is 14.5. The summed E-state index contributed by atoms with van der Waals surface area (Å²) in [5, 5.41) is 5.98. The molecule has 0 radical (unpaired) electrons. The highest BCUT2D eigenvalue weighted by atomic mass is 16.5. The Kier molecular flexibility index (Phi) is 4.76. The first-order valence-electron chi connectivity index (χ1n) is 7.08. The predicted octanol–water partition coefficient (Wildman–Crippen LogP) is 1.51. The summed E-state index contributed by atoms with van der Waals surface area (Å²) in [6.45, 7) is 6.99. The number of aryl methyl sites for hydroxylation is 1. The molecular weight excluding hydrogens is 256 g/mol. The molecule has 0 saturated heterocycles. The van der Waals surface area contributed by atoms with Gasteiger partial charge in [-0.05, 0) is 33.6 Å². The topological polar surface area (TPSA) is 76.1 Å². The molecule has 1 aromatic heterocycles. The number of anilines is 1. The quantitative estimate of drug-likeness (QED) is 0.739. The molecule has 1 aliphatic rings. The van der Waals surface area contributed by atoms with Gasteiger partial charge in [-0.2, -0.15) is 4.98 Å². The molecule has 110 valence electrons. The summed E-state index contributed by atoms with van der Waals surface area (Å²) in [7, 11) is 0. The molecule has 1 heterocycles. The van der Waals surface area contributed by atoms with Crippen LogP contribution in [-0.2, 0) is 4.79 Å². The van der Waals surface area contributed by atoms with Gasteiger partial charge in [-0.25, -0.2) is 4.98 Å². The Bertz CT molecular complexity index is 472. The van der Waals surface area contributed by atoms with Gasteiger partial charge >= 0.3 is 0 Å². The average Bonchev–Trinajstić information content (AvgIpc) is 3.17. The minimum absolute atomic E-state index is 0.0787. The second-order valence-electron chi connectivity index (χ2n) is 5.33. The van der Waals surface area contributed by atoms with E-state index in [1.807, 2.05) is 20.8 Å². The summed E-state index contributed by atoms with van der Waals surface area (Å²) >= 11 is 0.